The zero-order chi connectivity index (χ0) is 21.0. The predicted molar refractivity (Wildman–Crippen MR) is 111 cm³/mol. The van der Waals surface area contributed by atoms with Gasteiger partial charge >= 0.3 is 0 Å². The Hall–Kier alpha value is -2.17. The number of hydrogen-bond donors (Lipinski definition) is 0. The molecule has 1 amide bonds. The van der Waals surface area contributed by atoms with E-state index in [1.165, 1.54) is 35.3 Å². The first kappa shape index (κ1) is 21.5. The van der Waals surface area contributed by atoms with Crippen molar-refractivity contribution >= 4 is 27.7 Å². The van der Waals surface area contributed by atoms with Crippen molar-refractivity contribution in [3.8, 4) is 5.75 Å². The van der Waals surface area contributed by atoms with Gasteiger partial charge in [0, 0.05) is 37.6 Å². The zero-order valence-electron chi connectivity index (χ0n) is 16.7. The molecular formula is C19H24N4O4S2. The Kier molecular flexibility index (Phi) is 6.76. The lowest BCUT2D eigenvalue weighted by atomic mass is 10.3. The van der Waals surface area contributed by atoms with E-state index < -0.39 is 10.0 Å². The van der Waals surface area contributed by atoms with E-state index in [1.807, 2.05) is 19.9 Å². The third-order valence-electron chi connectivity index (χ3n) is 4.58. The van der Waals surface area contributed by atoms with Gasteiger partial charge in [0.05, 0.1) is 17.8 Å². The molecular weight excluding hydrogens is 412 g/mol. The Morgan fingerprint density at radius 2 is 1.66 bits per heavy atom. The van der Waals surface area contributed by atoms with Gasteiger partial charge < -0.3 is 9.64 Å². The number of methoxy groups -OCH3 is 1. The maximum Gasteiger partial charge on any atom is 0.243 e. The molecule has 10 heteroatoms. The molecule has 156 valence electrons. The van der Waals surface area contributed by atoms with Gasteiger partial charge in [-0.3, -0.25) is 4.79 Å². The van der Waals surface area contributed by atoms with E-state index in [-0.39, 0.29) is 29.6 Å². The predicted octanol–water partition coefficient (Wildman–Crippen LogP) is 1.73. The Bertz CT molecular complexity index is 952. The van der Waals surface area contributed by atoms with Crippen molar-refractivity contribution in [3.05, 3.63) is 41.7 Å². The summed E-state index contributed by atoms with van der Waals surface area (Å²) in [6.45, 7) is 5.05. The van der Waals surface area contributed by atoms with Gasteiger partial charge in [-0.1, -0.05) is 11.8 Å². The summed E-state index contributed by atoms with van der Waals surface area (Å²) in [4.78, 5) is 23.1. The van der Waals surface area contributed by atoms with Gasteiger partial charge in [-0.05, 0) is 44.2 Å². The minimum Gasteiger partial charge on any atom is -0.497 e. The summed E-state index contributed by atoms with van der Waals surface area (Å²) in [6.07, 6.45) is 0. The van der Waals surface area contributed by atoms with Gasteiger partial charge in [0.2, 0.25) is 15.9 Å². The third-order valence-corrected chi connectivity index (χ3v) is 7.32. The fourth-order valence-electron chi connectivity index (χ4n) is 3.05. The van der Waals surface area contributed by atoms with Crippen molar-refractivity contribution in [3.63, 3.8) is 0 Å². The van der Waals surface area contributed by atoms with Gasteiger partial charge in [-0.15, -0.1) is 0 Å². The second-order valence-corrected chi connectivity index (χ2v) is 9.56. The highest BCUT2D eigenvalue weighted by Gasteiger charge is 2.30. The first-order valence-corrected chi connectivity index (χ1v) is 11.6. The van der Waals surface area contributed by atoms with Crippen LogP contribution >= 0.6 is 11.8 Å². The van der Waals surface area contributed by atoms with Crippen molar-refractivity contribution < 1.29 is 17.9 Å². The standard InChI is InChI=1S/C19H24N4O4S2/c1-14-12-15(2)21-19(20-14)28-13-18(24)22-8-10-23(11-9-22)29(25,26)17-6-4-16(27-3)5-7-17/h4-7,12H,8-11,13H2,1-3H3. The summed E-state index contributed by atoms with van der Waals surface area (Å²) in [5.41, 5.74) is 1.73. The van der Waals surface area contributed by atoms with Crippen molar-refractivity contribution in [2.24, 2.45) is 0 Å². The maximum atomic E-state index is 12.8. The van der Waals surface area contributed by atoms with Gasteiger partial charge in [0.1, 0.15) is 5.75 Å². The molecule has 1 aliphatic rings. The van der Waals surface area contributed by atoms with Crippen LogP contribution in [-0.2, 0) is 14.8 Å². The third kappa shape index (κ3) is 5.26. The van der Waals surface area contributed by atoms with Crippen LogP contribution in [0.15, 0.2) is 40.4 Å². The molecule has 8 nitrogen and oxygen atoms in total. The molecule has 0 radical (unpaired) electrons. The smallest absolute Gasteiger partial charge is 0.243 e. The summed E-state index contributed by atoms with van der Waals surface area (Å²) in [5.74, 6) is 0.789. The Morgan fingerprint density at radius 3 is 2.21 bits per heavy atom. The van der Waals surface area contributed by atoms with Crippen LogP contribution in [-0.4, -0.2) is 72.5 Å². The number of carbonyl (C=O) groups is 1. The van der Waals surface area contributed by atoms with E-state index in [1.54, 1.807) is 17.0 Å². The molecule has 1 aromatic heterocycles. The number of aryl methyl sites for hydroxylation is 2. The van der Waals surface area contributed by atoms with E-state index in [2.05, 4.69) is 9.97 Å². The lowest BCUT2D eigenvalue weighted by Crippen LogP contribution is -2.50. The van der Waals surface area contributed by atoms with Crippen LogP contribution in [0.25, 0.3) is 0 Å². The van der Waals surface area contributed by atoms with Crippen molar-refractivity contribution in [2.45, 2.75) is 23.9 Å². The second kappa shape index (κ2) is 9.10. The average molecular weight is 437 g/mol. The lowest BCUT2D eigenvalue weighted by Gasteiger charge is -2.34. The van der Waals surface area contributed by atoms with E-state index in [0.29, 0.717) is 24.0 Å². The molecule has 0 N–H and O–H groups in total. The fourth-order valence-corrected chi connectivity index (χ4v) is 5.32. The molecule has 0 spiro atoms. The molecule has 1 saturated heterocycles. The number of nitrogens with zero attached hydrogens (tertiary/aromatic N) is 4. The zero-order valence-corrected chi connectivity index (χ0v) is 18.3. The highest BCUT2D eigenvalue weighted by atomic mass is 32.2. The summed E-state index contributed by atoms with van der Waals surface area (Å²) in [6, 6.07) is 8.20. The number of thioether (sulfide) groups is 1. The Morgan fingerprint density at radius 1 is 1.07 bits per heavy atom. The molecule has 1 aliphatic heterocycles. The SMILES string of the molecule is COc1ccc(S(=O)(=O)N2CCN(C(=O)CSc3nc(C)cc(C)n3)CC2)cc1. The van der Waals surface area contributed by atoms with E-state index in [0.717, 1.165) is 11.4 Å². The van der Waals surface area contributed by atoms with Crippen molar-refractivity contribution in [1.82, 2.24) is 19.2 Å². The molecule has 1 fully saturated rings. The number of rotatable bonds is 6. The molecule has 0 bridgehead atoms. The van der Waals surface area contributed by atoms with Gasteiger partial charge in [-0.2, -0.15) is 4.31 Å². The monoisotopic (exact) mass is 436 g/mol. The number of benzene rings is 1. The lowest BCUT2D eigenvalue weighted by molar-refractivity contribution is -0.129. The summed E-state index contributed by atoms with van der Waals surface area (Å²) >= 11 is 1.30. The van der Waals surface area contributed by atoms with Crippen molar-refractivity contribution in [2.75, 3.05) is 39.0 Å². The molecule has 0 unspecified atom stereocenters. The number of carbonyl (C=O) groups excluding carboxylic acids is 1. The van der Waals surface area contributed by atoms with Crippen LogP contribution in [0.1, 0.15) is 11.4 Å². The molecule has 3 rings (SSSR count). The first-order chi connectivity index (χ1) is 13.8. The molecule has 2 heterocycles. The van der Waals surface area contributed by atoms with Crippen LogP contribution in [0.2, 0.25) is 0 Å². The molecule has 29 heavy (non-hydrogen) atoms. The number of sulfonamides is 1. The van der Waals surface area contributed by atoms with E-state index in [9.17, 15) is 13.2 Å². The largest absolute Gasteiger partial charge is 0.497 e. The highest BCUT2D eigenvalue weighted by Crippen LogP contribution is 2.21. The number of piperazine rings is 1. The minimum absolute atomic E-state index is 0.0424. The van der Waals surface area contributed by atoms with E-state index in [4.69, 9.17) is 4.74 Å². The normalized spacial score (nSPS) is 15.3. The van der Waals surface area contributed by atoms with Gasteiger partial charge in [0.25, 0.3) is 0 Å². The Balaban J connectivity index is 1.55. The highest BCUT2D eigenvalue weighted by molar-refractivity contribution is 7.99. The molecule has 1 aromatic carbocycles. The summed E-state index contributed by atoms with van der Waals surface area (Å²) < 4.78 is 32.1. The first-order valence-electron chi connectivity index (χ1n) is 9.16. The maximum absolute atomic E-state index is 12.8. The van der Waals surface area contributed by atoms with Crippen molar-refractivity contribution in [1.29, 1.82) is 0 Å². The van der Waals surface area contributed by atoms with E-state index >= 15 is 0 Å². The molecule has 0 saturated carbocycles. The van der Waals surface area contributed by atoms with Crippen LogP contribution in [0.4, 0.5) is 0 Å². The average Bonchev–Trinajstić information content (AvgIpc) is 2.71. The number of ether oxygens (including phenoxy) is 1. The minimum atomic E-state index is -3.59. The number of amides is 1. The summed E-state index contributed by atoms with van der Waals surface area (Å²) in [7, 11) is -2.05. The topological polar surface area (TPSA) is 92.7 Å². The second-order valence-electron chi connectivity index (χ2n) is 6.68. The fraction of sp³-hybridized carbons (Fsp3) is 0.421. The van der Waals surface area contributed by atoms with Crippen LogP contribution in [0.3, 0.4) is 0 Å². The molecule has 0 aliphatic carbocycles. The molecule has 2 aromatic rings. The Labute approximate surface area is 175 Å². The number of aromatic nitrogens is 2. The van der Waals surface area contributed by atoms with Crippen LogP contribution in [0, 0.1) is 13.8 Å². The number of hydrogen-bond acceptors (Lipinski definition) is 7. The van der Waals surface area contributed by atoms with Gasteiger partial charge in [-0.25, -0.2) is 18.4 Å². The molecule has 0 atom stereocenters. The quantitative estimate of drug-likeness (QED) is 0.503. The van der Waals surface area contributed by atoms with Crippen LogP contribution in [0.5, 0.6) is 5.75 Å². The van der Waals surface area contributed by atoms with Crippen LogP contribution < -0.4 is 4.74 Å². The van der Waals surface area contributed by atoms with Gasteiger partial charge in [0.15, 0.2) is 5.16 Å². The summed E-state index contributed by atoms with van der Waals surface area (Å²) in [5, 5.41) is 0.580.